The molecular weight excluding hydrogens is 294 g/mol. The Morgan fingerprint density at radius 1 is 1.26 bits per heavy atom. The minimum absolute atomic E-state index is 0.119. The van der Waals surface area contributed by atoms with Crippen molar-refractivity contribution >= 4 is 0 Å². The van der Waals surface area contributed by atoms with Gasteiger partial charge in [-0.2, -0.15) is 0 Å². The SMILES string of the molecule is CC1(C)Cc2occc2[C@H](NC[C@H]2COC3(CCOCC3)O2)C1. The second kappa shape index (κ2) is 5.88. The highest BCUT2D eigenvalue weighted by molar-refractivity contribution is 5.26. The molecule has 1 aromatic heterocycles. The van der Waals surface area contributed by atoms with Gasteiger partial charge in [0, 0.05) is 37.4 Å². The number of fused-ring (bicyclic) bond motifs is 1. The van der Waals surface area contributed by atoms with Crippen molar-refractivity contribution in [2.24, 2.45) is 5.41 Å². The summed E-state index contributed by atoms with van der Waals surface area (Å²) in [5.74, 6) is 0.736. The Labute approximate surface area is 137 Å². The van der Waals surface area contributed by atoms with E-state index in [0.717, 1.165) is 51.2 Å². The summed E-state index contributed by atoms with van der Waals surface area (Å²) in [6, 6.07) is 2.44. The number of ether oxygens (including phenoxy) is 3. The molecule has 23 heavy (non-hydrogen) atoms. The fourth-order valence-electron chi connectivity index (χ4n) is 4.09. The van der Waals surface area contributed by atoms with Crippen molar-refractivity contribution in [3.63, 3.8) is 0 Å². The van der Waals surface area contributed by atoms with Crippen molar-refractivity contribution < 1.29 is 18.6 Å². The maximum Gasteiger partial charge on any atom is 0.173 e. The van der Waals surface area contributed by atoms with Gasteiger partial charge in [-0.05, 0) is 17.9 Å². The standard InChI is InChI=1S/C18H27NO4/c1-17(2)9-15(14-3-6-21-16(14)10-17)19-11-13-12-22-18(23-13)4-7-20-8-5-18/h3,6,13,15,19H,4-5,7-12H2,1-2H3/t13-,15+/m0/s1. The first-order chi connectivity index (χ1) is 11.1. The topological polar surface area (TPSA) is 52.9 Å². The van der Waals surface area contributed by atoms with Crippen molar-refractivity contribution in [3.05, 3.63) is 23.7 Å². The van der Waals surface area contributed by atoms with E-state index in [1.54, 1.807) is 0 Å². The molecular formula is C18H27NO4. The maximum atomic E-state index is 6.21. The molecule has 0 bridgehead atoms. The molecule has 0 radical (unpaired) electrons. The van der Waals surface area contributed by atoms with E-state index < -0.39 is 5.79 Å². The Balaban J connectivity index is 1.37. The molecule has 2 atom stereocenters. The molecule has 4 rings (SSSR count). The average molecular weight is 321 g/mol. The highest BCUT2D eigenvalue weighted by Gasteiger charge is 2.43. The first-order valence-corrected chi connectivity index (χ1v) is 8.75. The van der Waals surface area contributed by atoms with Crippen molar-refractivity contribution in [3.8, 4) is 0 Å². The first-order valence-electron chi connectivity index (χ1n) is 8.75. The van der Waals surface area contributed by atoms with E-state index >= 15 is 0 Å². The lowest BCUT2D eigenvalue weighted by Gasteiger charge is -2.35. The molecule has 3 heterocycles. The first kappa shape index (κ1) is 15.6. The zero-order chi connectivity index (χ0) is 15.9. The van der Waals surface area contributed by atoms with Crippen LogP contribution in [0.2, 0.25) is 0 Å². The summed E-state index contributed by atoms with van der Waals surface area (Å²) in [6.07, 6.45) is 5.74. The zero-order valence-electron chi connectivity index (χ0n) is 14.1. The number of furan rings is 1. The summed E-state index contributed by atoms with van der Waals surface area (Å²) >= 11 is 0. The van der Waals surface area contributed by atoms with Gasteiger partial charge in [-0.25, -0.2) is 0 Å². The molecule has 2 fully saturated rings. The highest BCUT2D eigenvalue weighted by Crippen LogP contribution is 2.41. The minimum atomic E-state index is -0.392. The highest BCUT2D eigenvalue weighted by atomic mass is 16.7. The van der Waals surface area contributed by atoms with Crippen LogP contribution in [0.1, 0.15) is 50.5 Å². The summed E-state index contributed by atoms with van der Waals surface area (Å²) in [5.41, 5.74) is 1.57. The lowest BCUT2D eigenvalue weighted by molar-refractivity contribution is -0.210. The van der Waals surface area contributed by atoms with Gasteiger partial charge in [0.15, 0.2) is 5.79 Å². The second-order valence-corrected chi connectivity index (χ2v) is 7.88. The summed E-state index contributed by atoms with van der Waals surface area (Å²) < 4.78 is 23.3. The molecule has 1 aliphatic carbocycles. The van der Waals surface area contributed by atoms with E-state index in [0.29, 0.717) is 12.6 Å². The number of hydrogen-bond acceptors (Lipinski definition) is 5. The Morgan fingerprint density at radius 2 is 2.09 bits per heavy atom. The minimum Gasteiger partial charge on any atom is -0.469 e. The number of hydrogen-bond donors (Lipinski definition) is 1. The van der Waals surface area contributed by atoms with Crippen LogP contribution in [0.15, 0.2) is 16.7 Å². The smallest absolute Gasteiger partial charge is 0.173 e. The van der Waals surface area contributed by atoms with Crippen molar-refractivity contribution in [2.45, 2.75) is 57.5 Å². The summed E-state index contributed by atoms with van der Waals surface area (Å²) in [4.78, 5) is 0. The molecule has 5 heteroatoms. The third-order valence-corrected chi connectivity index (χ3v) is 5.31. The van der Waals surface area contributed by atoms with Crippen LogP contribution in [0.25, 0.3) is 0 Å². The molecule has 0 unspecified atom stereocenters. The fourth-order valence-corrected chi connectivity index (χ4v) is 4.09. The molecule has 1 aromatic rings. The summed E-state index contributed by atoms with van der Waals surface area (Å²) in [7, 11) is 0. The second-order valence-electron chi connectivity index (χ2n) is 7.88. The van der Waals surface area contributed by atoms with E-state index in [-0.39, 0.29) is 11.5 Å². The molecule has 0 amide bonds. The van der Waals surface area contributed by atoms with Crippen LogP contribution in [-0.4, -0.2) is 38.3 Å². The van der Waals surface area contributed by atoms with E-state index in [1.807, 2.05) is 6.26 Å². The molecule has 0 aromatic carbocycles. The Bertz CT molecular complexity index is 547. The normalized spacial score (nSPS) is 32.1. The van der Waals surface area contributed by atoms with Crippen LogP contribution < -0.4 is 5.32 Å². The van der Waals surface area contributed by atoms with Gasteiger partial charge in [-0.3, -0.25) is 0 Å². The van der Waals surface area contributed by atoms with Crippen molar-refractivity contribution in [2.75, 3.05) is 26.4 Å². The molecule has 128 valence electrons. The average Bonchev–Trinajstić information content (AvgIpc) is 3.12. The zero-order valence-corrected chi connectivity index (χ0v) is 14.1. The van der Waals surface area contributed by atoms with Gasteiger partial charge in [0.1, 0.15) is 5.76 Å². The lowest BCUT2D eigenvalue weighted by atomic mass is 9.75. The third kappa shape index (κ3) is 3.20. The fraction of sp³-hybridized carbons (Fsp3) is 0.778. The molecule has 0 saturated carbocycles. The van der Waals surface area contributed by atoms with Crippen LogP contribution in [0.4, 0.5) is 0 Å². The lowest BCUT2D eigenvalue weighted by Crippen LogP contribution is -2.40. The van der Waals surface area contributed by atoms with E-state index in [9.17, 15) is 0 Å². The van der Waals surface area contributed by atoms with E-state index in [2.05, 4.69) is 25.2 Å². The van der Waals surface area contributed by atoms with Gasteiger partial charge < -0.3 is 23.9 Å². The quantitative estimate of drug-likeness (QED) is 0.928. The molecule has 5 nitrogen and oxygen atoms in total. The number of nitrogens with one attached hydrogen (secondary N) is 1. The predicted octanol–water partition coefficient (Wildman–Crippen LogP) is 2.80. The molecule has 1 spiro atoms. The monoisotopic (exact) mass is 321 g/mol. The summed E-state index contributed by atoms with van der Waals surface area (Å²) in [6.45, 7) is 7.55. The van der Waals surface area contributed by atoms with Crippen molar-refractivity contribution in [1.82, 2.24) is 5.32 Å². The predicted molar refractivity (Wildman–Crippen MR) is 85.2 cm³/mol. The van der Waals surface area contributed by atoms with Gasteiger partial charge in [-0.1, -0.05) is 13.8 Å². The van der Waals surface area contributed by atoms with Gasteiger partial charge in [0.05, 0.1) is 32.2 Å². The third-order valence-electron chi connectivity index (χ3n) is 5.31. The number of rotatable bonds is 3. The Hall–Kier alpha value is -0.880. The van der Waals surface area contributed by atoms with E-state index in [4.69, 9.17) is 18.6 Å². The van der Waals surface area contributed by atoms with E-state index in [1.165, 1.54) is 5.56 Å². The van der Waals surface area contributed by atoms with Crippen LogP contribution in [0.3, 0.4) is 0 Å². The van der Waals surface area contributed by atoms with Crippen LogP contribution in [0.5, 0.6) is 0 Å². The van der Waals surface area contributed by atoms with Crippen LogP contribution >= 0.6 is 0 Å². The van der Waals surface area contributed by atoms with Gasteiger partial charge in [-0.15, -0.1) is 0 Å². The molecule has 2 aliphatic heterocycles. The van der Waals surface area contributed by atoms with Crippen molar-refractivity contribution in [1.29, 1.82) is 0 Å². The maximum absolute atomic E-state index is 6.21. The van der Waals surface area contributed by atoms with Gasteiger partial charge in [0.2, 0.25) is 0 Å². The van der Waals surface area contributed by atoms with Gasteiger partial charge >= 0.3 is 0 Å². The Kier molecular flexibility index (Phi) is 4.00. The molecule has 2 saturated heterocycles. The molecule has 1 N–H and O–H groups in total. The molecule has 3 aliphatic rings. The van der Waals surface area contributed by atoms with Crippen LogP contribution in [-0.2, 0) is 20.6 Å². The van der Waals surface area contributed by atoms with Crippen LogP contribution in [0, 0.1) is 5.41 Å². The van der Waals surface area contributed by atoms with Gasteiger partial charge in [0.25, 0.3) is 0 Å². The Morgan fingerprint density at radius 3 is 2.91 bits per heavy atom. The largest absolute Gasteiger partial charge is 0.469 e. The summed E-state index contributed by atoms with van der Waals surface area (Å²) in [5, 5.41) is 3.69.